The number of nitrogens with zero attached hydrogens (tertiary/aromatic N) is 3. The van der Waals surface area contributed by atoms with Crippen molar-refractivity contribution in [2.24, 2.45) is 0 Å². The first kappa shape index (κ1) is 10.2. The third kappa shape index (κ3) is 1.64. The Bertz CT molecular complexity index is 450. The van der Waals surface area contributed by atoms with E-state index in [0.717, 1.165) is 34.7 Å². The Balaban J connectivity index is 2.10. The molecule has 5 nitrogen and oxygen atoms in total. The molecule has 0 spiro atoms. The Morgan fingerprint density at radius 2 is 2.44 bits per heavy atom. The van der Waals surface area contributed by atoms with Gasteiger partial charge in [-0.15, -0.1) is 0 Å². The second kappa shape index (κ2) is 3.83. The zero-order chi connectivity index (χ0) is 11.1. The van der Waals surface area contributed by atoms with Crippen LogP contribution in [-0.4, -0.2) is 28.5 Å². The van der Waals surface area contributed by atoms with Crippen molar-refractivity contribution in [3.8, 4) is 0 Å². The number of amides is 1. The van der Waals surface area contributed by atoms with Gasteiger partial charge in [0.05, 0.1) is 6.20 Å². The van der Waals surface area contributed by atoms with Gasteiger partial charge >= 0.3 is 0 Å². The molecule has 0 aliphatic carbocycles. The van der Waals surface area contributed by atoms with Crippen LogP contribution in [0.25, 0.3) is 0 Å². The molecule has 0 aromatic carbocycles. The number of fused-ring (bicyclic) bond motifs is 3. The Labute approximate surface area is 107 Å². The monoisotopic (exact) mass is 330 g/mol. The van der Waals surface area contributed by atoms with E-state index in [1.165, 1.54) is 0 Å². The van der Waals surface area contributed by atoms with E-state index in [4.69, 9.17) is 0 Å². The molecule has 0 saturated carbocycles. The topological polar surface area (TPSA) is 58.1 Å². The molecular formula is C10H11IN4O. The lowest BCUT2D eigenvalue weighted by Crippen LogP contribution is -2.30. The average Bonchev–Trinajstić information content (AvgIpc) is 2.64. The number of carbonyl (C=O) groups is 1. The Kier molecular flexibility index (Phi) is 2.45. The summed E-state index contributed by atoms with van der Waals surface area (Å²) in [6.07, 6.45) is 4.47. The maximum Gasteiger partial charge on any atom is 0.226 e. The van der Waals surface area contributed by atoms with Gasteiger partial charge in [-0.3, -0.25) is 4.79 Å². The minimum atomic E-state index is 0.0699. The van der Waals surface area contributed by atoms with Crippen molar-refractivity contribution >= 4 is 40.0 Å². The zero-order valence-corrected chi connectivity index (χ0v) is 10.8. The molecule has 1 fully saturated rings. The van der Waals surface area contributed by atoms with Gasteiger partial charge in [0.2, 0.25) is 5.91 Å². The molecule has 1 aromatic rings. The summed E-state index contributed by atoms with van der Waals surface area (Å²) in [6, 6.07) is 0.312. The van der Waals surface area contributed by atoms with Crippen LogP contribution in [0.1, 0.15) is 19.3 Å². The molecule has 3 rings (SSSR count). The minimum Gasteiger partial charge on any atom is -0.351 e. The SMILES string of the molecule is O=C1C[C@@H]2CCCN2c2nc(I)ncc2N1. The summed E-state index contributed by atoms with van der Waals surface area (Å²) in [7, 11) is 0. The Morgan fingerprint density at radius 3 is 3.31 bits per heavy atom. The largest absolute Gasteiger partial charge is 0.351 e. The van der Waals surface area contributed by atoms with Crippen LogP contribution in [0.15, 0.2) is 6.20 Å². The van der Waals surface area contributed by atoms with E-state index >= 15 is 0 Å². The minimum absolute atomic E-state index is 0.0699. The van der Waals surface area contributed by atoms with Crippen molar-refractivity contribution in [1.29, 1.82) is 0 Å². The molecule has 1 N–H and O–H groups in total. The van der Waals surface area contributed by atoms with E-state index in [1.807, 2.05) is 0 Å². The van der Waals surface area contributed by atoms with Crippen LogP contribution in [0.5, 0.6) is 0 Å². The number of carbonyl (C=O) groups excluding carboxylic acids is 1. The molecule has 2 aliphatic heterocycles. The highest BCUT2D eigenvalue weighted by molar-refractivity contribution is 14.1. The van der Waals surface area contributed by atoms with Gasteiger partial charge in [0, 0.05) is 41.6 Å². The van der Waals surface area contributed by atoms with E-state index in [1.54, 1.807) is 6.20 Å². The maximum absolute atomic E-state index is 11.7. The van der Waals surface area contributed by atoms with Gasteiger partial charge in [0.25, 0.3) is 0 Å². The van der Waals surface area contributed by atoms with E-state index in [9.17, 15) is 4.79 Å². The average molecular weight is 330 g/mol. The second-order valence-corrected chi connectivity index (χ2v) is 5.08. The molecule has 16 heavy (non-hydrogen) atoms. The first-order valence-electron chi connectivity index (χ1n) is 5.33. The van der Waals surface area contributed by atoms with Gasteiger partial charge < -0.3 is 10.2 Å². The van der Waals surface area contributed by atoms with Crippen LogP contribution >= 0.6 is 22.6 Å². The van der Waals surface area contributed by atoms with Crippen molar-refractivity contribution in [2.45, 2.75) is 25.3 Å². The standard InChI is InChI=1S/C10H11IN4O/c11-10-12-5-7-9(14-10)15-3-1-2-6(15)4-8(16)13-7/h5-6H,1-4H2,(H,13,16)/t6-/m0/s1. The number of rotatable bonds is 0. The number of hydrogen-bond acceptors (Lipinski definition) is 4. The number of nitrogens with one attached hydrogen (secondary N) is 1. The van der Waals surface area contributed by atoms with Gasteiger partial charge in [-0.25, -0.2) is 9.97 Å². The third-order valence-corrected chi connectivity index (χ3v) is 3.60. The van der Waals surface area contributed by atoms with Crippen LogP contribution < -0.4 is 10.2 Å². The molecule has 0 radical (unpaired) electrons. The number of hydrogen-bond donors (Lipinski definition) is 1. The van der Waals surface area contributed by atoms with E-state index in [-0.39, 0.29) is 5.91 Å². The molecule has 2 aliphatic rings. The summed E-state index contributed by atoms with van der Waals surface area (Å²) < 4.78 is 0.721. The van der Waals surface area contributed by atoms with Crippen molar-refractivity contribution < 1.29 is 4.79 Å². The molecule has 6 heteroatoms. The fraction of sp³-hybridized carbons (Fsp3) is 0.500. The first-order valence-corrected chi connectivity index (χ1v) is 6.41. The summed E-state index contributed by atoms with van der Waals surface area (Å²) >= 11 is 2.10. The molecule has 1 atom stereocenters. The zero-order valence-electron chi connectivity index (χ0n) is 8.61. The molecule has 1 amide bonds. The van der Waals surface area contributed by atoms with E-state index in [0.29, 0.717) is 12.5 Å². The fourth-order valence-corrected chi connectivity index (χ4v) is 2.77. The van der Waals surface area contributed by atoms with Gasteiger partial charge in [0.15, 0.2) is 9.65 Å². The highest BCUT2D eigenvalue weighted by atomic mass is 127. The highest BCUT2D eigenvalue weighted by Crippen LogP contribution is 2.34. The van der Waals surface area contributed by atoms with E-state index < -0.39 is 0 Å². The molecule has 1 saturated heterocycles. The van der Waals surface area contributed by atoms with Crippen molar-refractivity contribution in [3.05, 3.63) is 10.0 Å². The van der Waals surface area contributed by atoms with Gasteiger partial charge in [-0.1, -0.05) is 0 Å². The maximum atomic E-state index is 11.7. The van der Waals surface area contributed by atoms with Crippen molar-refractivity contribution in [2.75, 3.05) is 16.8 Å². The highest BCUT2D eigenvalue weighted by Gasteiger charge is 2.32. The Hall–Kier alpha value is -0.920. The number of aromatic nitrogens is 2. The predicted molar refractivity (Wildman–Crippen MR) is 68.4 cm³/mol. The van der Waals surface area contributed by atoms with Gasteiger partial charge in [-0.05, 0) is 12.8 Å². The normalized spacial score (nSPS) is 23.4. The lowest BCUT2D eigenvalue weighted by Gasteiger charge is -2.23. The number of anilines is 2. The van der Waals surface area contributed by atoms with Crippen LogP contribution in [0.4, 0.5) is 11.5 Å². The molecule has 0 unspecified atom stereocenters. The van der Waals surface area contributed by atoms with Crippen LogP contribution in [0.2, 0.25) is 0 Å². The summed E-state index contributed by atoms with van der Waals surface area (Å²) in [5.41, 5.74) is 0.745. The number of halogens is 1. The smallest absolute Gasteiger partial charge is 0.226 e. The molecule has 84 valence electrons. The summed E-state index contributed by atoms with van der Waals surface area (Å²) in [4.78, 5) is 22.5. The fourth-order valence-electron chi connectivity index (χ4n) is 2.40. The van der Waals surface area contributed by atoms with Crippen molar-refractivity contribution in [1.82, 2.24) is 9.97 Å². The third-order valence-electron chi connectivity index (χ3n) is 3.08. The van der Waals surface area contributed by atoms with Crippen molar-refractivity contribution in [3.63, 3.8) is 0 Å². The van der Waals surface area contributed by atoms with Gasteiger partial charge in [0.1, 0.15) is 5.69 Å². The lowest BCUT2D eigenvalue weighted by molar-refractivity contribution is -0.116. The van der Waals surface area contributed by atoms with Crippen LogP contribution in [0, 0.1) is 3.83 Å². The summed E-state index contributed by atoms with van der Waals surface area (Å²) in [5, 5.41) is 2.87. The predicted octanol–water partition coefficient (Wildman–Crippen LogP) is 1.39. The molecule has 1 aromatic heterocycles. The summed E-state index contributed by atoms with van der Waals surface area (Å²) in [5.74, 6) is 0.952. The van der Waals surface area contributed by atoms with Gasteiger partial charge in [-0.2, -0.15) is 0 Å². The van der Waals surface area contributed by atoms with Crippen LogP contribution in [0.3, 0.4) is 0 Å². The molecule has 3 heterocycles. The van der Waals surface area contributed by atoms with E-state index in [2.05, 4.69) is 42.8 Å². The second-order valence-electron chi connectivity index (χ2n) is 4.12. The lowest BCUT2D eigenvalue weighted by atomic mass is 10.1. The Morgan fingerprint density at radius 1 is 1.56 bits per heavy atom. The summed E-state index contributed by atoms with van der Waals surface area (Å²) in [6.45, 7) is 0.986. The quantitative estimate of drug-likeness (QED) is 0.577. The van der Waals surface area contributed by atoms with Crippen LogP contribution in [-0.2, 0) is 4.79 Å². The first-order chi connectivity index (χ1) is 7.74. The molecule has 0 bridgehead atoms. The molecular weight excluding hydrogens is 319 g/mol.